The number of likely N-dealkylation sites (tertiary alicyclic amines) is 1. The average Bonchev–Trinajstić information content (AvgIpc) is 2.82. The highest BCUT2D eigenvalue weighted by molar-refractivity contribution is 4.90. The second kappa shape index (κ2) is 5.05. The van der Waals surface area contributed by atoms with Crippen molar-refractivity contribution in [3.05, 3.63) is 0 Å². The van der Waals surface area contributed by atoms with Crippen molar-refractivity contribution in [2.45, 2.75) is 63.5 Å². The number of fused-ring (bicyclic) bond motifs is 1. The van der Waals surface area contributed by atoms with Crippen LogP contribution in [0.4, 0.5) is 0 Å². The molecule has 2 aliphatic heterocycles. The normalized spacial score (nSPS) is 40.9. The highest BCUT2D eigenvalue weighted by Crippen LogP contribution is 2.35. The van der Waals surface area contributed by atoms with E-state index in [-0.39, 0.29) is 0 Å². The minimum atomic E-state index is 0.806. The first kappa shape index (κ1) is 11.0. The van der Waals surface area contributed by atoms with E-state index in [9.17, 15) is 0 Å². The van der Waals surface area contributed by atoms with E-state index < -0.39 is 0 Å². The van der Waals surface area contributed by atoms with E-state index in [1.54, 1.807) is 0 Å². The summed E-state index contributed by atoms with van der Waals surface area (Å²) in [5.41, 5.74) is 0. The lowest BCUT2D eigenvalue weighted by Crippen LogP contribution is -2.50. The molecule has 0 unspecified atom stereocenters. The molecule has 2 saturated heterocycles. The summed E-state index contributed by atoms with van der Waals surface area (Å²) in [5, 5.41) is 3.66. The smallest absolute Gasteiger partial charge is 0.0195 e. The Morgan fingerprint density at radius 1 is 0.938 bits per heavy atom. The van der Waals surface area contributed by atoms with Crippen molar-refractivity contribution in [2.75, 3.05) is 19.6 Å². The molecular formula is C14H26N2. The summed E-state index contributed by atoms with van der Waals surface area (Å²) in [6, 6.07) is 1.76. The van der Waals surface area contributed by atoms with Gasteiger partial charge in [-0.25, -0.2) is 0 Å². The van der Waals surface area contributed by atoms with Crippen LogP contribution >= 0.6 is 0 Å². The van der Waals surface area contributed by atoms with E-state index in [0.29, 0.717) is 0 Å². The van der Waals surface area contributed by atoms with Crippen molar-refractivity contribution >= 4 is 0 Å². The van der Waals surface area contributed by atoms with Crippen LogP contribution in [-0.4, -0.2) is 36.6 Å². The molecule has 2 nitrogen and oxygen atoms in total. The van der Waals surface area contributed by atoms with Gasteiger partial charge in [-0.05, 0) is 57.5 Å². The molecule has 0 spiro atoms. The van der Waals surface area contributed by atoms with Gasteiger partial charge >= 0.3 is 0 Å². The fraction of sp³-hybridized carbons (Fsp3) is 1.00. The van der Waals surface area contributed by atoms with Gasteiger partial charge in [0.15, 0.2) is 0 Å². The maximum atomic E-state index is 3.66. The van der Waals surface area contributed by atoms with Crippen molar-refractivity contribution in [1.29, 1.82) is 0 Å². The molecule has 2 heterocycles. The molecule has 3 fully saturated rings. The Balaban J connectivity index is 1.59. The van der Waals surface area contributed by atoms with Crippen LogP contribution in [0.3, 0.4) is 0 Å². The summed E-state index contributed by atoms with van der Waals surface area (Å²) in [6.07, 6.45) is 11.7. The van der Waals surface area contributed by atoms with Gasteiger partial charge in [-0.15, -0.1) is 0 Å². The molecule has 1 aliphatic carbocycles. The van der Waals surface area contributed by atoms with Crippen LogP contribution in [0.5, 0.6) is 0 Å². The molecule has 0 bridgehead atoms. The van der Waals surface area contributed by atoms with Crippen molar-refractivity contribution in [1.82, 2.24) is 10.2 Å². The second-order valence-corrected chi connectivity index (χ2v) is 6.04. The van der Waals surface area contributed by atoms with Gasteiger partial charge in [0.1, 0.15) is 0 Å². The van der Waals surface area contributed by atoms with Crippen molar-refractivity contribution < 1.29 is 0 Å². The number of hydrogen-bond acceptors (Lipinski definition) is 2. The van der Waals surface area contributed by atoms with Crippen LogP contribution < -0.4 is 5.32 Å². The predicted molar refractivity (Wildman–Crippen MR) is 67.6 cm³/mol. The van der Waals surface area contributed by atoms with E-state index in [2.05, 4.69) is 10.2 Å². The minimum Gasteiger partial charge on any atom is -0.313 e. The Hall–Kier alpha value is -0.0800. The molecule has 0 aromatic heterocycles. The van der Waals surface area contributed by atoms with Crippen LogP contribution in [-0.2, 0) is 0 Å². The van der Waals surface area contributed by atoms with Gasteiger partial charge in [0.05, 0.1) is 0 Å². The summed E-state index contributed by atoms with van der Waals surface area (Å²) in [7, 11) is 0. The predicted octanol–water partition coefficient (Wildman–Crippen LogP) is 2.39. The summed E-state index contributed by atoms with van der Waals surface area (Å²) >= 11 is 0. The third-order valence-corrected chi connectivity index (χ3v) is 4.98. The number of nitrogens with zero attached hydrogens (tertiary/aromatic N) is 1. The number of hydrogen-bond donors (Lipinski definition) is 1. The lowest BCUT2D eigenvalue weighted by Gasteiger charge is -2.45. The van der Waals surface area contributed by atoms with Crippen LogP contribution in [0.15, 0.2) is 0 Å². The second-order valence-electron chi connectivity index (χ2n) is 6.04. The molecule has 16 heavy (non-hydrogen) atoms. The lowest BCUT2D eigenvalue weighted by atomic mass is 9.78. The molecule has 92 valence electrons. The number of rotatable bonds is 2. The third-order valence-electron chi connectivity index (χ3n) is 4.98. The summed E-state index contributed by atoms with van der Waals surface area (Å²) < 4.78 is 0. The third kappa shape index (κ3) is 2.28. The van der Waals surface area contributed by atoms with Gasteiger partial charge < -0.3 is 5.32 Å². The van der Waals surface area contributed by atoms with Crippen molar-refractivity contribution in [2.24, 2.45) is 5.92 Å². The molecule has 0 aromatic rings. The molecule has 1 N–H and O–H groups in total. The molecule has 3 rings (SSSR count). The fourth-order valence-electron chi connectivity index (χ4n) is 4.15. The van der Waals surface area contributed by atoms with Gasteiger partial charge in [-0.2, -0.15) is 0 Å². The maximum absolute atomic E-state index is 3.66. The monoisotopic (exact) mass is 222 g/mol. The van der Waals surface area contributed by atoms with Gasteiger partial charge in [0.2, 0.25) is 0 Å². The Kier molecular flexibility index (Phi) is 3.49. The van der Waals surface area contributed by atoms with Crippen LogP contribution in [0.1, 0.15) is 51.4 Å². The van der Waals surface area contributed by atoms with E-state index in [4.69, 9.17) is 0 Å². The fourth-order valence-corrected chi connectivity index (χ4v) is 4.15. The van der Waals surface area contributed by atoms with Gasteiger partial charge in [-0.3, -0.25) is 4.90 Å². The molecule has 3 atom stereocenters. The van der Waals surface area contributed by atoms with E-state index in [1.165, 1.54) is 71.0 Å². The quantitative estimate of drug-likeness (QED) is 0.772. The van der Waals surface area contributed by atoms with Crippen LogP contribution in [0.2, 0.25) is 0 Å². The van der Waals surface area contributed by atoms with Crippen molar-refractivity contribution in [3.8, 4) is 0 Å². The van der Waals surface area contributed by atoms with Gasteiger partial charge in [0.25, 0.3) is 0 Å². The van der Waals surface area contributed by atoms with Gasteiger partial charge in [-0.1, -0.05) is 12.8 Å². The number of piperidine rings is 1. The minimum absolute atomic E-state index is 0.806. The molecule has 3 aliphatic rings. The first-order valence-electron chi connectivity index (χ1n) is 7.41. The Labute approximate surface area is 99.8 Å². The van der Waals surface area contributed by atoms with E-state index in [1.807, 2.05) is 0 Å². The Morgan fingerprint density at radius 2 is 1.81 bits per heavy atom. The zero-order valence-corrected chi connectivity index (χ0v) is 10.5. The molecule has 0 amide bonds. The summed E-state index contributed by atoms with van der Waals surface area (Å²) in [5.74, 6) is 1.05. The first-order valence-corrected chi connectivity index (χ1v) is 7.41. The molecule has 1 saturated carbocycles. The average molecular weight is 222 g/mol. The largest absolute Gasteiger partial charge is 0.313 e. The van der Waals surface area contributed by atoms with Gasteiger partial charge in [0, 0.05) is 18.6 Å². The first-order chi connectivity index (χ1) is 7.93. The highest BCUT2D eigenvalue weighted by Gasteiger charge is 2.34. The Bertz CT molecular complexity index is 221. The number of nitrogens with one attached hydrogen (secondary N) is 1. The van der Waals surface area contributed by atoms with E-state index >= 15 is 0 Å². The summed E-state index contributed by atoms with van der Waals surface area (Å²) in [4.78, 5) is 2.83. The molecule has 0 radical (unpaired) electrons. The van der Waals surface area contributed by atoms with Crippen LogP contribution in [0.25, 0.3) is 0 Å². The van der Waals surface area contributed by atoms with Crippen LogP contribution in [0, 0.1) is 5.92 Å². The topological polar surface area (TPSA) is 15.3 Å². The zero-order valence-electron chi connectivity index (χ0n) is 10.5. The molecule has 0 aromatic carbocycles. The van der Waals surface area contributed by atoms with E-state index in [0.717, 1.165) is 18.0 Å². The van der Waals surface area contributed by atoms with Crippen molar-refractivity contribution in [3.63, 3.8) is 0 Å². The molecular weight excluding hydrogens is 196 g/mol. The zero-order chi connectivity index (χ0) is 10.8. The lowest BCUT2D eigenvalue weighted by molar-refractivity contribution is 0.0546. The summed E-state index contributed by atoms with van der Waals surface area (Å²) in [6.45, 7) is 3.97. The maximum Gasteiger partial charge on any atom is 0.0195 e. The standard InChI is InChI=1S/C14H26N2/c1-2-8-14-12(5-1)6-4-10-16(14)11-13-7-3-9-15-13/h12-15H,1-11H2/t12-,13+,14-/m1/s1. The highest BCUT2D eigenvalue weighted by atomic mass is 15.2. The molecule has 2 heteroatoms. The Morgan fingerprint density at radius 3 is 2.69 bits per heavy atom. The SMILES string of the molecule is C1CN[C@H](CN2CCC[C@H]3CCCC[C@H]32)C1.